The highest BCUT2D eigenvalue weighted by molar-refractivity contribution is 5.14. The van der Waals surface area contributed by atoms with Gasteiger partial charge in [-0.15, -0.1) is 0 Å². The van der Waals surface area contributed by atoms with Crippen LogP contribution in [0.25, 0.3) is 0 Å². The van der Waals surface area contributed by atoms with Crippen molar-refractivity contribution in [3.63, 3.8) is 0 Å². The van der Waals surface area contributed by atoms with E-state index in [2.05, 4.69) is 31.7 Å². The highest BCUT2D eigenvalue weighted by Crippen LogP contribution is 2.31. The predicted octanol–water partition coefficient (Wildman–Crippen LogP) is 2.79. The fourth-order valence-corrected chi connectivity index (χ4v) is 3.20. The zero-order chi connectivity index (χ0) is 12.5. The van der Waals surface area contributed by atoms with Crippen LogP contribution in [0.3, 0.4) is 0 Å². The van der Waals surface area contributed by atoms with Crippen LogP contribution in [-0.2, 0) is 0 Å². The molecule has 1 heterocycles. The fraction of sp³-hybridized carbons (Fsp3) is 0.867. The zero-order valence-corrected chi connectivity index (χ0v) is 11.7. The van der Waals surface area contributed by atoms with Crippen molar-refractivity contribution in [1.82, 2.24) is 4.90 Å². The molecule has 1 fully saturated rings. The minimum atomic E-state index is 0.363. The molecule has 17 heavy (non-hydrogen) atoms. The summed E-state index contributed by atoms with van der Waals surface area (Å²) in [7, 11) is 0. The second-order valence-electron chi connectivity index (χ2n) is 6.93. The second kappa shape index (κ2) is 5.11. The van der Waals surface area contributed by atoms with Gasteiger partial charge < -0.3 is 5.73 Å². The van der Waals surface area contributed by atoms with E-state index in [1.165, 1.54) is 38.8 Å². The highest BCUT2D eigenvalue weighted by atomic mass is 15.1. The Bertz CT molecular complexity index is 288. The lowest BCUT2D eigenvalue weighted by atomic mass is 9.83. The number of nitrogens with two attached hydrogens (primary N) is 1. The van der Waals surface area contributed by atoms with Gasteiger partial charge in [0.15, 0.2) is 0 Å². The Morgan fingerprint density at radius 1 is 1.35 bits per heavy atom. The maximum atomic E-state index is 5.98. The van der Waals surface area contributed by atoms with E-state index in [0.29, 0.717) is 11.5 Å². The molecule has 2 unspecified atom stereocenters. The highest BCUT2D eigenvalue weighted by Gasteiger charge is 2.26. The molecule has 0 bridgehead atoms. The standard InChI is InChI=1S/C15H28N2/c1-15(2,3)13-6-8-17(9-7-13)11-12-4-5-14(16)10-12/h6,12,14H,4-5,7-11,16H2,1-3H3. The Hall–Kier alpha value is -0.340. The van der Waals surface area contributed by atoms with E-state index in [0.717, 1.165) is 12.5 Å². The Kier molecular flexibility index (Phi) is 3.94. The molecule has 0 aromatic rings. The lowest BCUT2D eigenvalue weighted by Crippen LogP contribution is -2.34. The summed E-state index contributed by atoms with van der Waals surface area (Å²) in [6.45, 7) is 10.6. The van der Waals surface area contributed by atoms with Crippen molar-refractivity contribution >= 4 is 0 Å². The van der Waals surface area contributed by atoms with Crippen LogP contribution in [0.2, 0.25) is 0 Å². The first-order valence-corrected chi connectivity index (χ1v) is 7.12. The van der Waals surface area contributed by atoms with E-state index in [-0.39, 0.29) is 0 Å². The molecule has 0 amide bonds. The van der Waals surface area contributed by atoms with Crippen molar-refractivity contribution in [2.45, 2.75) is 52.5 Å². The third-order valence-corrected chi connectivity index (χ3v) is 4.35. The summed E-state index contributed by atoms with van der Waals surface area (Å²) in [5.41, 5.74) is 7.98. The molecule has 0 aromatic heterocycles. The average Bonchev–Trinajstić information content (AvgIpc) is 2.63. The van der Waals surface area contributed by atoms with Crippen molar-refractivity contribution in [2.75, 3.05) is 19.6 Å². The van der Waals surface area contributed by atoms with Crippen molar-refractivity contribution in [2.24, 2.45) is 17.1 Å². The van der Waals surface area contributed by atoms with Crippen LogP contribution < -0.4 is 5.73 Å². The van der Waals surface area contributed by atoms with Crippen LogP contribution in [0.1, 0.15) is 46.5 Å². The molecule has 0 saturated heterocycles. The van der Waals surface area contributed by atoms with Crippen LogP contribution in [0.4, 0.5) is 0 Å². The number of hydrogen-bond donors (Lipinski definition) is 1. The van der Waals surface area contributed by atoms with E-state index >= 15 is 0 Å². The van der Waals surface area contributed by atoms with E-state index < -0.39 is 0 Å². The third-order valence-electron chi connectivity index (χ3n) is 4.35. The molecule has 2 nitrogen and oxygen atoms in total. The van der Waals surface area contributed by atoms with Crippen molar-refractivity contribution in [3.8, 4) is 0 Å². The Morgan fingerprint density at radius 3 is 2.59 bits per heavy atom. The molecule has 98 valence electrons. The number of hydrogen-bond acceptors (Lipinski definition) is 2. The van der Waals surface area contributed by atoms with Crippen LogP contribution in [0.15, 0.2) is 11.6 Å². The maximum absolute atomic E-state index is 5.98. The first-order chi connectivity index (χ1) is 7.95. The van der Waals surface area contributed by atoms with Gasteiger partial charge in [-0.3, -0.25) is 4.90 Å². The average molecular weight is 236 g/mol. The molecule has 2 N–H and O–H groups in total. The van der Waals surface area contributed by atoms with Gasteiger partial charge in [0.2, 0.25) is 0 Å². The van der Waals surface area contributed by atoms with Crippen molar-refractivity contribution in [1.29, 1.82) is 0 Å². The molecule has 2 atom stereocenters. The monoisotopic (exact) mass is 236 g/mol. The van der Waals surface area contributed by atoms with Gasteiger partial charge in [-0.2, -0.15) is 0 Å². The fourth-order valence-electron chi connectivity index (χ4n) is 3.20. The normalized spacial score (nSPS) is 31.6. The first-order valence-electron chi connectivity index (χ1n) is 7.12. The molecule has 1 saturated carbocycles. The van der Waals surface area contributed by atoms with Crippen molar-refractivity contribution in [3.05, 3.63) is 11.6 Å². The van der Waals surface area contributed by atoms with Crippen LogP contribution in [0.5, 0.6) is 0 Å². The summed E-state index contributed by atoms with van der Waals surface area (Å²) >= 11 is 0. The molecule has 0 aromatic carbocycles. The second-order valence-corrected chi connectivity index (χ2v) is 6.93. The van der Waals surface area contributed by atoms with Gasteiger partial charge in [0.25, 0.3) is 0 Å². The first kappa shape index (κ1) is 13.1. The minimum absolute atomic E-state index is 0.363. The Balaban J connectivity index is 1.81. The number of nitrogens with zero attached hydrogens (tertiary/aromatic N) is 1. The van der Waals surface area contributed by atoms with E-state index in [1.807, 2.05) is 0 Å². The topological polar surface area (TPSA) is 29.3 Å². The molecule has 2 aliphatic rings. The number of rotatable bonds is 2. The van der Waals surface area contributed by atoms with Gasteiger partial charge in [0.1, 0.15) is 0 Å². The van der Waals surface area contributed by atoms with Gasteiger partial charge >= 0.3 is 0 Å². The quantitative estimate of drug-likeness (QED) is 0.747. The Morgan fingerprint density at radius 2 is 2.12 bits per heavy atom. The van der Waals surface area contributed by atoms with E-state index in [1.54, 1.807) is 5.57 Å². The van der Waals surface area contributed by atoms with Crippen LogP contribution in [0, 0.1) is 11.3 Å². The minimum Gasteiger partial charge on any atom is -0.328 e. The lowest BCUT2D eigenvalue weighted by Gasteiger charge is -2.33. The molecule has 0 radical (unpaired) electrons. The van der Waals surface area contributed by atoms with Crippen LogP contribution in [-0.4, -0.2) is 30.6 Å². The summed E-state index contributed by atoms with van der Waals surface area (Å²) in [5, 5.41) is 0. The molecule has 0 spiro atoms. The lowest BCUT2D eigenvalue weighted by molar-refractivity contribution is 0.237. The van der Waals surface area contributed by atoms with Gasteiger partial charge in [-0.1, -0.05) is 32.4 Å². The van der Waals surface area contributed by atoms with E-state index in [9.17, 15) is 0 Å². The largest absolute Gasteiger partial charge is 0.328 e. The molecule has 1 aliphatic carbocycles. The predicted molar refractivity (Wildman–Crippen MR) is 73.9 cm³/mol. The molecule has 2 heteroatoms. The summed E-state index contributed by atoms with van der Waals surface area (Å²) in [6, 6.07) is 0.477. The summed E-state index contributed by atoms with van der Waals surface area (Å²) < 4.78 is 0. The Labute approximate surface area is 106 Å². The third kappa shape index (κ3) is 3.56. The molecular formula is C15H28N2. The maximum Gasteiger partial charge on any atom is 0.0166 e. The van der Waals surface area contributed by atoms with Gasteiger partial charge in [-0.05, 0) is 37.0 Å². The van der Waals surface area contributed by atoms with Gasteiger partial charge in [0, 0.05) is 25.7 Å². The zero-order valence-electron chi connectivity index (χ0n) is 11.7. The molecule has 2 rings (SSSR count). The SMILES string of the molecule is CC(C)(C)C1=CCN(CC2CCC(N)C2)CC1. The summed E-state index contributed by atoms with van der Waals surface area (Å²) in [4.78, 5) is 2.61. The molecule has 1 aliphatic heterocycles. The summed E-state index contributed by atoms with van der Waals surface area (Å²) in [5.74, 6) is 0.856. The van der Waals surface area contributed by atoms with Gasteiger partial charge in [-0.25, -0.2) is 0 Å². The van der Waals surface area contributed by atoms with Crippen molar-refractivity contribution < 1.29 is 0 Å². The molecular weight excluding hydrogens is 208 g/mol. The van der Waals surface area contributed by atoms with Gasteiger partial charge in [0.05, 0.1) is 0 Å². The van der Waals surface area contributed by atoms with E-state index in [4.69, 9.17) is 5.73 Å². The summed E-state index contributed by atoms with van der Waals surface area (Å²) in [6.07, 6.45) is 7.53. The smallest absolute Gasteiger partial charge is 0.0166 e. The van der Waals surface area contributed by atoms with Crippen LogP contribution >= 0.6 is 0 Å².